The van der Waals surface area contributed by atoms with Gasteiger partial charge in [0.25, 0.3) is 0 Å². The zero-order valence-electron chi connectivity index (χ0n) is 6.13. The van der Waals surface area contributed by atoms with Gasteiger partial charge in [-0.25, -0.2) is 0 Å². The van der Waals surface area contributed by atoms with Gasteiger partial charge in [-0.2, -0.15) is 0 Å². The molecule has 0 atom stereocenters. The molecule has 1 radical (unpaired) electrons. The van der Waals surface area contributed by atoms with E-state index in [4.69, 9.17) is 4.74 Å². The SMILES string of the molecule is COc1cccc2[c]scc12. The van der Waals surface area contributed by atoms with E-state index >= 15 is 0 Å². The van der Waals surface area contributed by atoms with E-state index in [-0.39, 0.29) is 0 Å². The van der Waals surface area contributed by atoms with Gasteiger partial charge in [0.1, 0.15) is 5.75 Å². The number of ether oxygens (including phenoxy) is 1. The fraction of sp³-hybridized carbons (Fsp3) is 0.111. The van der Waals surface area contributed by atoms with E-state index in [1.54, 1.807) is 18.4 Å². The third-order valence-electron chi connectivity index (χ3n) is 1.63. The average molecular weight is 163 g/mol. The van der Waals surface area contributed by atoms with Crippen molar-refractivity contribution >= 4 is 22.1 Å². The quantitative estimate of drug-likeness (QED) is 0.628. The minimum Gasteiger partial charge on any atom is -0.496 e. The predicted octanol–water partition coefficient (Wildman–Crippen LogP) is 2.71. The summed E-state index contributed by atoms with van der Waals surface area (Å²) in [6.45, 7) is 0. The van der Waals surface area contributed by atoms with Crippen molar-refractivity contribution < 1.29 is 4.74 Å². The molecular formula is C9H7OS. The molecule has 0 amide bonds. The van der Waals surface area contributed by atoms with Crippen LogP contribution in [0, 0.1) is 5.38 Å². The molecule has 0 aliphatic rings. The number of methoxy groups -OCH3 is 1. The first kappa shape index (κ1) is 6.68. The van der Waals surface area contributed by atoms with Gasteiger partial charge in [0.05, 0.1) is 12.5 Å². The minimum absolute atomic E-state index is 0.931. The van der Waals surface area contributed by atoms with Crippen molar-refractivity contribution in [2.45, 2.75) is 0 Å². The van der Waals surface area contributed by atoms with E-state index in [0.29, 0.717) is 0 Å². The highest BCUT2D eigenvalue weighted by atomic mass is 32.1. The third kappa shape index (κ3) is 0.994. The molecule has 1 heterocycles. The van der Waals surface area contributed by atoms with Crippen LogP contribution in [-0.2, 0) is 0 Å². The summed E-state index contributed by atoms with van der Waals surface area (Å²) < 4.78 is 5.17. The smallest absolute Gasteiger partial charge is 0.127 e. The van der Waals surface area contributed by atoms with Crippen LogP contribution in [0.4, 0.5) is 0 Å². The van der Waals surface area contributed by atoms with Gasteiger partial charge in [0, 0.05) is 16.2 Å². The second-order valence-corrected chi connectivity index (χ2v) is 2.93. The van der Waals surface area contributed by atoms with Crippen molar-refractivity contribution in [1.29, 1.82) is 0 Å². The molecule has 0 bridgehead atoms. The van der Waals surface area contributed by atoms with Gasteiger partial charge in [-0.3, -0.25) is 0 Å². The Morgan fingerprint density at radius 2 is 2.36 bits per heavy atom. The first-order valence-electron chi connectivity index (χ1n) is 3.33. The first-order valence-corrected chi connectivity index (χ1v) is 4.21. The third-order valence-corrected chi connectivity index (χ3v) is 2.32. The van der Waals surface area contributed by atoms with E-state index in [2.05, 4.69) is 5.38 Å². The summed E-state index contributed by atoms with van der Waals surface area (Å²) >= 11 is 1.58. The van der Waals surface area contributed by atoms with Crippen LogP contribution in [0.25, 0.3) is 10.8 Å². The number of hydrogen-bond donors (Lipinski definition) is 0. The molecule has 1 aromatic heterocycles. The summed E-state index contributed by atoms with van der Waals surface area (Å²) in [7, 11) is 1.69. The maximum absolute atomic E-state index is 5.17. The van der Waals surface area contributed by atoms with Gasteiger partial charge in [-0.1, -0.05) is 12.1 Å². The molecule has 1 aromatic carbocycles. The highest BCUT2D eigenvalue weighted by molar-refractivity contribution is 7.08. The van der Waals surface area contributed by atoms with Gasteiger partial charge >= 0.3 is 0 Å². The Bertz CT molecular complexity index is 364. The number of fused-ring (bicyclic) bond motifs is 1. The Hall–Kier alpha value is -1.02. The number of rotatable bonds is 1. The average Bonchev–Trinajstić information content (AvgIpc) is 2.50. The van der Waals surface area contributed by atoms with Gasteiger partial charge in [-0.15, -0.1) is 11.3 Å². The van der Waals surface area contributed by atoms with Crippen molar-refractivity contribution in [3.8, 4) is 5.75 Å². The molecule has 0 fully saturated rings. The van der Waals surface area contributed by atoms with Crippen LogP contribution in [0.15, 0.2) is 23.6 Å². The van der Waals surface area contributed by atoms with Crippen LogP contribution in [0.2, 0.25) is 0 Å². The topological polar surface area (TPSA) is 9.23 Å². The second kappa shape index (κ2) is 2.55. The molecule has 0 unspecified atom stereocenters. The maximum Gasteiger partial charge on any atom is 0.127 e. The fourth-order valence-electron chi connectivity index (χ4n) is 1.08. The molecule has 11 heavy (non-hydrogen) atoms. The molecule has 0 aliphatic carbocycles. The Morgan fingerprint density at radius 3 is 3.18 bits per heavy atom. The largest absolute Gasteiger partial charge is 0.496 e. The summed E-state index contributed by atoms with van der Waals surface area (Å²) in [5.41, 5.74) is 0. The lowest BCUT2D eigenvalue weighted by atomic mass is 10.2. The molecule has 0 aliphatic heterocycles. The molecule has 1 nitrogen and oxygen atoms in total. The first-order chi connectivity index (χ1) is 5.42. The predicted molar refractivity (Wildman–Crippen MR) is 47.2 cm³/mol. The van der Waals surface area contributed by atoms with Crippen LogP contribution >= 0.6 is 11.3 Å². The molecular weight excluding hydrogens is 156 g/mol. The van der Waals surface area contributed by atoms with Crippen molar-refractivity contribution in [1.82, 2.24) is 0 Å². The van der Waals surface area contributed by atoms with E-state index in [1.807, 2.05) is 23.6 Å². The lowest BCUT2D eigenvalue weighted by molar-refractivity contribution is 0.420. The standard InChI is InChI=1S/C9H7OS/c1-10-9-4-2-3-7-5-11-6-8(7)9/h2-4,6H,1H3. The lowest BCUT2D eigenvalue weighted by Gasteiger charge is -1.99. The lowest BCUT2D eigenvalue weighted by Crippen LogP contribution is -1.81. The van der Waals surface area contributed by atoms with Crippen LogP contribution < -0.4 is 4.74 Å². The molecule has 2 aromatic rings. The Kier molecular flexibility index (Phi) is 1.55. The minimum atomic E-state index is 0.931. The van der Waals surface area contributed by atoms with Gasteiger partial charge in [-0.05, 0) is 6.07 Å². The zero-order valence-corrected chi connectivity index (χ0v) is 6.94. The van der Waals surface area contributed by atoms with Crippen LogP contribution in [-0.4, -0.2) is 7.11 Å². The van der Waals surface area contributed by atoms with E-state index in [0.717, 1.165) is 16.5 Å². The van der Waals surface area contributed by atoms with Crippen molar-refractivity contribution in [3.05, 3.63) is 29.0 Å². The Balaban J connectivity index is 2.79. The number of thiophene rings is 1. The molecule has 2 heteroatoms. The van der Waals surface area contributed by atoms with Gasteiger partial charge < -0.3 is 4.74 Å². The normalized spacial score (nSPS) is 10.3. The molecule has 0 saturated heterocycles. The van der Waals surface area contributed by atoms with E-state index in [9.17, 15) is 0 Å². The second-order valence-electron chi connectivity index (χ2n) is 2.26. The van der Waals surface area contributed by atoms with E-state index < -0.39 is 0 Å². The van der Waals surface area contributed by atoms with Gasteiger partial charge in [0.15, 0.2) is 0 Å². The number of hydrogen-bond acceptors (Lipinski definition) is 2. The number of benzene rings is 1. The van der Waals surface area contributed by atoms with Crippen molar-refractivity contribution in [2.24, 2.45) is 0 Å². The maximum atomic E-state index is 5.17. The van der Waals surface area contributed by atoms with Crippen LogP contribution in [0.3, 0.4) is 0 Å². The van der Waals surface area contributed by atoms with Crippen LogP contribution in [0.1, 0.15) is 0 Å². The molecule has 55 valence electrons. The highest BCUT2D eigenvalue weighted by Gasteiger charge is 1.99. The summed E-state index contributed by atoms with van der Waals surface area (Å²) in [5.74, 6) is 0.931. The fourth-order valence-corrected chi connectivity index (χ4v) is 1.81. The summed E-state index contributed by atoms with van der Waals surface area (Å²) in [6.07, 6.45) is 0. The summed E-state index contributed by atoms with van der Waals surface area (Å²) in [4.78, 5) is 0. The molecule has 2 rings (SSSR count). The Morgan fingerprint density at radius 1 is 1.45 bits per heavy atom. The zero-order chi connectivity index (χ0) is 7.68. The monoisotopic (exact) mass is 163 g/mol. The Labute approximate surface area is 69.2 Å². The van der Waals surface area contributed by atoms with E-state index in [1.165, 1.54) is 0 Å². The van der Waals surface area contributed by atoms with Crippen LogP contribution in [0.5, 0.6) is 5.75 Å². The van der Waals surface area contributed by atoms with Gasteiger partial charge in [0.2, 0.25) is 0 Å². The molecule has 0 spiro atoms. The summed E-state index contributed by atoms with van der Waals surface area (Å²) in [6, 6.07) is 5.97. The van der Waals surface area contributed by atoms with Crippen molar-refractivity contribution in [2.75, 3.05) is 7.11 Å². The molecule has 0 N–H and O–H groups in total. The summed E-state index contributed by atoms with van der Waals surface area (Å²) in [5, 5.41) is 7.49. The molecule has 0 saturated carbocycles. The van der Waals surface area contributed by atoms with Crippen molar-refractivity contribution in [3.63, 3.8) is 0 Å². The highest BCUT2D eigenvalue weighted by Crippen LogP contribution is 2.27.